The maximum absolute atomic E-state index is 4.37. The van der Waals surface area contributed by atoms with Crippen LogP contribution in [-0.2, 0) is 19.5 Å². The van der Waals surface area contributed by atoms with Crippen molar-refractivity contribution in [3.63, 3.8) is 0 Å². The molecule has 2 heterocycles. The predicted octanol–water partition coefficient (Wildman–Crippen LogP) is 3.83. The number of H-pyrrole nitrogens is 1. The highest BCUT2D eigenvalue weighted by Gasteiger charge is 2.12. The monoisotopic (exact) mass is 560 g/mol. The van der Waals surface area contributed by atoms with Crippen LogP contribution in [0.4, 0.5) is 0 Å². The van der Waals surface area contributed by atoms with Crippen LogP contribution in [0.1, 0.15) is 23.1 Å². The topological polar surface area (TPSA) is 58.7 Å². The summed E-state index contributed by atoms with van der Waals surface area (Å²) < 4.78 is 0. The summed E-state index contributed by atoms with van der Waals surface area (Å²) in [5.74, 6) is 0.836. The number of aromatic nitrogens is 1. The first-order valence-electron chi connectivity index (χ1n) is 11.7. The molecular weight excluding hydrogens is 523 g/mol. The van der Waals surface area contributed by atoms with Crippen molar-refractivity contribution >= 4 is 40.8 Å². The van der Waals surface area contributed by atoms with E-state index < -0.39 is 0 Å². The van der Waals surface area contributed by atoms with Crippen LogP contribution in [-0.4, -0.2) is 67.6 Å². The van der Waals surface area contributed by atoms with Gasteiger partial charge in [0, 0.05) is 56.9 Å². The molecule has 1 saturated heterocycles. The van der Waals surface area contributed by atoms with Crippen LogP contribution in [0, 0.1) is 0 Å². The number of nitrogens with one attached hydrogen (secondary N) is 3. The minimum atomic E-state index is 0. The molecule has 0 saturated carbocycles. The number of nitrogens with zero attached hydrogens (tertiary/aromatic N) is 3. The normalized spacial score (nSPS) is 15.8. The van der Waals surface area contributed by atoms with Crippen LogP contribution in [0.5, 0.6) is 0 Å². The molecular formula is C26H37IN6. The second-order valence-electron chi connectivity index (χ2n) is 8.71. The van der Waals surface area contributed by atoms with Gasteiger partial charge in [-0.15, -0.1) is 24.0 Å². The van der Waals surface area contributed by atoms with Crippen LogP contribution in [0.2, 0.25) is 0 Å². The van der Waals surface area contributed by atoms with Crippen LogP contribution in [0.25, 0.3) is 10.9 Å². The number of para-hydroxylation sites is 1. The Bertz CT molecular complexity index is 1010. The van der Waals surface area contributed by atoms with Crippen LogP contribution < -0.4 is 10.6 Å². The van der Waals surface area contributed by atoms with Crippen molar-refractivity contribution in [2.45, 2.75) is 25.9 Å². The fourth-order valence-electron chi connectivity index (χ4n) is 4.34. The molecule has 1 aliphatic heterocycles. The van der Waals surface area contributed by atoms with E-state index in [4.69, 9.17) is 0 Å². The summed E-state index contributed by atoms with van der Waals surface area (Å²) in [7, 11) is 4.04. The van der Waals surface area contributed by atoms with Crippen molar-refractivity contribution in [3.05, 3.63) is 71.4 Å². The molecule has 1 aromatic heterocycles. The Morgan fingerprint density at radius 3 is 2.58 bits per heavy atom. The summed E-state index contributed by atoms with van der Waals surface area (Å²) in [5.41, 5.74) is 5.18. The van der Waals surface area contributed by atoms with E-state index in [1.54, 1.807) is 0 Å². The number of aromatic amines is 1. The van der Waals surface area contributed by atoms with Gasteiger partial charge in [-0.2, -0.15) is 0 Å². The highest BCUT2D eigenvalue weighted by Crippen LogP contribution is 2.17. The summed E-state index contributed by atoms with van der Waals surface area (Å²) in [6.45, 7) is 7.35. The SMILES string of the molecule is CN=C(NCCc1c[nH]c2ccccc12)NCc1ccc(CN2CCCN(C)CC2)cc1.I. The van der Waals surface area contributed by atoms with Gasteiger partial charge in [-0.3, -0.25) is 9.89 Å². The van der Waals surface area contributed by atoms with E-state index in [2.05, 4.69) is 92.2 Å². The lowest BCUT2D eigenvalue weighted by Crippen LogP contribution is -2.37. The van der Waals surface area contributed by atoms with Gasteiger partial charge in [0.2, 0.25) is 0 Å². The lowest BCUT2D eigenvalue weighted by Gasteiger charge is -2.20. The molecule has 3 aromatic rings. The Kier molecular flexibility index (Phi) is 10.0. The molecule has 0 amide bonds. The third-order valence-electron chi connectivity index (χ3n) is 6.29. The van der Waals surface area contributed by atoms with Crippen LogP contribution in [0.15, 0.2) is 59.7 Å². The summed E-state index contributed by atoms with van der Waals surface area (Å²) in [6, 6.07) is 17.4. The predicted molar refractivity (Wildman–Crippen MR) is 149 cm³/mol. The summed E-state index contributed by atoms with van der Waals surface area (Å²) >= 11 is 0. The van der Waals surface area contributed by atoms with Gasteiger partial charge in [-0.05, 0) is 55.7 Å². The molecule has 0 aliphatic carbocycles. The lowest BCUT2D eigenvalue weighted by atomic mass is 10.1. The van der Waals surface area contributed by atoms with Gasteiger partial charge >= 0.3 is 0 Å². The minimum Gasteiger partial charge on any atom is -0.361 e. The molecule has 0 unspecified atom stereocenters. The Morgan fingerprint density at radius 2 is 1.76 bits per heavy atom. The number of aliphatic imine (C=N–C) groups is 1. The average molecular weight is 561 g/mol. The van der Waals surface area contributed by atoms with E-state index in [9.17, 15) is 0 Å². The van der Waals surface area contributed by atoms with E-state index in [0.717, 1.165) is 45.1 Å². The molecule has 0 spiro atoms. The van der Waals surface area contributed by atoms with E-state index in [1.807, 2.05) is 7.05 Å². The average Bonchev–Trinajstić information content (AvgIpc) is 3.12. The van der Waals surface area contributed by atoms with Crippen molar-refractivity contribution in [1.82, 2.24) is 25.4 Å². The maximum atomic E-state index is 4.37. The second-order valence-corrected chi connectivity index (χ2v) is 8.71. The van der Waals surface area contributed by atoms with Crippen LogP contribution in [0.3, 0.4) is 0 Å². The van der Waals surface area contributed by atoms with E-state index >= 15 is 0 Å². The highest BCUT2D eigenvalue weighted by molar-refractivity contribution is 14.0. The zero-order chi connectivity index (χ0) is 22.2. The van der Waals surface area contributed by atoms with Gasteiger partial charge in [0.1, 0.15) is 0 Å². The Balaban J connectivity index is 0.00000306. The highest BCUT2D eigenvalue weighted by atomic mass is 127. The van der Waals surface area contributed by atoms with Gasteiger partial charge in [-0.1, -0.05) is 42.5 Å². The molecule has 1 aliphatic rings. The number of guanidine groups is 1. The molecule has 0 bridgehead atoms. The summed E-state index contributed by atoms with van der Waals surface area (Å²) in [5, 5.41) is 8.16. The van der Waals surface area contributed by atoms with Gasteiger partial charge in [-0.25, -0.2) is 0 Å². The van der Waals surface area contributed by atoms with Crippen LogP contribution >= 0.6 is 24.0 Å². The number of fused-ring (bicyclic) bond motifs is 1. The van der Waals surface area contributed by atoms with E-state index in [-0.39, 0.29) is 24.0 Å². The quantitative estimate of drug-likeness (QED) is 0.234. The van der Waals surface area contributed by atoms with Gasteiger partial charge < -0.3 is 20.5 Å². The number of halogens is 1. The summed E-state index contributed by atoms with van der Waals surface area (Å²) in [6.07, 6.45) is 4.31. The Morgan fingerprint density at radius 1 is 0.970 bits per heavy atom. The zero-order valence-electron chi connectivity index (χ0n) is 19.8. The fourth-order valence-corrected chi connectivity index (χ4v) is 4.34. The molecule has 7 heteroatoms. The number of benzene rings is 2. The molecule has 6 nitrogen and oxygen atoms in total. The van der Waals surface area contributed by atoms with Gasteiger partial charge in [0.05, 0.1) is 0 Å². The van der Waals surface area contributed by atoms with Crippen molar-refractivity contribution in [3.8, 4) is 0 Å². The second kappa shape index (κ2) is 13.0. The minimum absolute atomic E-state index is 0. The lowest BCUT2D eigenvalue weighted by molar-refractivity contribution is 0.269. The third-order valence-corrected chi connectivity index (χ3v) is 6.29. The molecule has 1 fully saturated rings. The standard InChI is InChI=1S/C26H36N6.HI/c1-27-26(28-13-12-23-19-29-25-7-4-3-6-24(23)25)30-18-21-8-10-22(11-9-21)20-32-15-5-14-31(2)16-17-32;/h3-4,6-11,19,29H,5,12-18,20H2,1-2H3,(H2,27,28,30);1H. The number of likely N-dealkylation sites (N-methyl/N-ethyl adjacent to an activating group) is 1. The number of hydrogen-bond donors (Lipinski definition) is 3. The fraction of sp³-hybridized carbons (Fsp3) is 0.423. The van der Waals surface area contributed by atoms with Gasteiger partial charge in [0.15, 0.2) is 5.96 Å². The van der Waals surface area contributed by atoms with Crippen molar-refractivity contribution in [1.29, 1.82) is 0 Å². The number of rotatable bonds is 7. The van der Waals surface area contributed by atoms with E-state index in [0.29, 0.717) is 0 Å². The molecule has 178 valence electrons. The Hall–Kier alpha value is -2.10. The van der Waals surface area contributed by atoms with Crippen molar-refractivity contribution in [2.24, 2.45) is 4.99 Å². The first kappa shape index (κ1) is 25.5. The molecule has 2 aromatic carbocycles. The van der Waals surface area contributed by atoms with E-state index in [1.165, 1.54) is 47.1 Å². The maximum Gasteiger partial charge on any atom is 0.191 e. The third kappa shape index (κ3) is 7.45. The van der Waals surface area contributed by atoms with Gasteiger partial charge in [0.25, 0.3) is 0 Å². The molecule has 0 radical (unpaired) electrons. The molecule has 3 N–H and O–H groups in total. The Labute approximate surface area is 214 Å². The van der Waals surface area contributed by atoms with Crippen molar-refractivity contribution in [2.75, 3.05) is 46.8 Å². The molecule has 33 heavy (non-hydrogen) atoms. The number of hydrogen-bond acceptors (Lipinski definition) is 3. The smallest absolute Gasteiger partial charge is 0.191 e. The zero-order valence-corrected chi connectivity index (χ0v) is 22.1. The summed E-state index contributed by atoms with van der Waals surface area (Å²) in [4.78, 5) is 12.7. The first-order chi connectivity index (χ1) is 15.7. The largest absolute Gasteiger partial charge is 0.361 e. The van der Waals surface area contributed by atoms with Crippen molar-refractivity contribution < 1.29 is 0 Å². The molecule has 4 rings (SSSR count). The molecule has 0 atom stereocenters. The first-order valence-corrected chi connectivity index (χ1v) is 11.7.